The number of aromatic nitrogens is 1. The number of primary amides is 1. The molecule has 1 aromatic heterocycles. The van der Waals surface area contributed by atoms with Gasteiger partial charge < -0.3 is 11.5 Å². The molecule has 0 aliphatic heterocycles. The zero-order chi connectivity index (χ0) is 11.7. The van der Waals surface area contributed by atoms with Crippen LogP contribution in [0.25, 0.3) is 10.6 Å². The Bertz CT molecular complexity index is 531. The van der Waals surface area contributed by atoms with Crippen molar-refractivity contribution in [2.75, 3.05) is 5.73 Å². The van der Waals surface area contributed by atoms with Crippen LogP contribution in [-0.4, -0.2) is 10.9 Å². The van der Waals surface area contributed by atoms with Crippen molar-refractivity contribution >= 4 is 22.2 Å². The van der Waals surface area contributed by atoms with Gasteiger partial charge in [-0.25, -0.2) is 4.98 Å². The first-order valence-electron chi connectivity index (χ1n) is 4.71. The Labute approximate surface area is 96.9 Å². The van der Waals surface area contributed by atoms with Crippen molar-refractivity contribution in [2.45, 2.75) is 6.92 Å². The van der Waals surface area contributed by atoms with Crippen molar-refractivity contribution in [3.8, 4) is 10.6 Å². The highest BCUT2D eigenvalue weighted by atomic mass is 32.1. The van der Waals surface area contributed by atoms with E-state index >= 15 is 0 Å². The summed E-state index contributed by atoms with van der Waals surface area (Å²) in [4.78, 5) is 15.1. The summed E-state index contributed by atoms with van der Waals surface area (Å²) in [5.41, 5.74) is 13.1. The second kappa shape index (κ2) is 3.94. The molecule has 0 bridgehead atoms. The molecular formula is C11H11N3OS. The van der Waals surface area contributed by atoms with E-state index in [0.29, 0.717) is 10.0 Å². The predicted octanol–water partition coefficient (Wildman–Crippen LogP) is 1.80. The molecule has 82 valence electrons. The van der Waals surface area contributed by atoms with Gasteiger partial charge in [0.2, 0.25) is 0 Å². The molecule has 4 nitrogen and oxygen atoms in total. The Balaban J connectivity index is 2.45. The number of amides is 1. The summed E-state index contributed by atoms with van der Waals surface area (Å²) >= 11 is 1.27. The van der Waals surface area contributed by atoms with Crippen LogP contribution >= 0.6 is 11.3 Å². The highest BCUT2D eigenvalue weighted by Gasteiger charge is 2.13. The normalized spacial score (nSPS) is 10.3. The van der Waals surface area contributed by atoms with Crippen molar-refractivity contribution in [1.29, 1.82) is 0 Å². The average Bonchev–Trinajstić information content (AvgIpc) is 2.61. The Kier molecular flexibility index (Phi) is 2.62. The number of carbonyl (C=O) groups excluding carboxylic acids is 1. The monoisotopic (exact) mass is 233 g/mol. The third-order valence-corrected chi connectivity index (χ3v) is 3.12. The number of nitrogen functional groups attached to an aromatic ring is 1. The molecule has 16 heavy (non-hydrogen) atoms. The topological polar surface area (TPSA) is 82.0 Å². The molecule has 1 heterocycles. The van der Waals surface area contributed by atoms with Crippen molar-refractivity contribution in [1.82, 2.24) is 4.98 Å². The van der Waals surface area contributed by atoms with Gasteiger partial charge in [0.25, 0.3) is 5.91 Å². The van der Waals surface area contributed by atoms with Crippen LogP contribution in [0.3, 0.4) is 0 Å². The molecule has 1 aromatic carbocycles. The smallest absolute Gasteiger partial charge is 0.270 e. The van der Waals surface area contributed by atoms with Gasteiger partial charge >= 0.3 is 0 Å². The first-order valence-corrected chi connectivity index (χ1v) is 5.52. The van der Waals surface area contributed by atoms with Gasteiger partial charge in [-0.05, 0) is 6.92 Å². The van der Waals surface area contributed by atoms with E-state index in [1.165, 1.54) is 16.9 Å². The molecule has 5 heteroatoms. The lowest BCUT2D eigenvalue weighted by molar-refractivity contribution is 0.0997. The molecule has 0 saturated carbocycles. The van der Waals surface area contributed by atoms with Crippen molar-refractivity contribution in [2.24, 2.45) is 5.73 Å². The molecule has 0 saturated heterocycles. The molecule has 0 aliphatic rings. The summed E-state index contributed by atoms with van der Waals surface area (Å²) in [6.45, 7) is 2.01. The molecule has 4 N–H and O–H groups in total. The zero-order valence-corrected chi connectivity index (χ0v) is 9.54. The number of nitrogens with zero attached hydrogens (tertiary/aromatic N) is 1. The van der Waals surface area contributed by atoms with E-state index in [1.807, 2.05) is 31.2 Å². The molecule has 0 aliphatic carbocycles. The van der Waals surface area contributed by atoms with E-state index in [1.54, 1.807) is 0 Å². The van der Waals surface area contributed by atoms with Crippen LogP contribution in [0.4, 0.5) is 5.00 Å². The lowest BCUT2D eigenvalue weighted by atomic mass is 10.2. The molecule has 2 aromatic rings. The maximum absolute atomic E-state index is 11.0. The number of carbonyl (C=O) groups is 1. The highest BCUT2D eigenvalue weighted by Crippen LogP contribution is 2.29. The predicted molar refractivity (Wildman–Crippen MR) is 65.2 cm³/mol. The summed E-state index contributed by atoms with van der Waals surface area (Å²) < 4.78 is 0. The third kappa shape index (κ3) is 1.90. The minimum absolute atomic E-state index is 0.153. The van der Waals surface area contributed by atoms with E-state index in [0.717, 1.165) is 5.56 Å². The van der Waals surface area contributed by atoms with Crippen molar-refractivity contribution in [3.63, 3.8) is 0 Å². The minimum Gasteiger partial charge on any atom is -0.389 e. The third-order valence-electron chi connectivity index (χ3n) is 2.19. The van der Waals surface area contributed by atoms with Crippen LogP contribution in [0.1, 0.15) is 16.1 Å². The van der Waals surface area contributed by atoms with Gasteiger partial charge in [-0.3, -0.25) is 4.79 Å². The van der Waals surface area contributed by atoms with Crippen LogP contribution in [-0.2, 0) is 0 Å². The van der Waals surface area contributed by atoms with Gasteiger partial charge in [-0.2, -0.15) is 0 Å². The number of rotatable bonds is 2. The molecule has 2 rings (SSSR count). The van der Waals surface area contributed by atoms with Crippen LogP contribution in [0.5, 0.6) is 0 Å². The number of nitrogens with two attached hydrogens (primary N) is 2. The Morgan fingerprint density at radius 3 is 2.44 bits per heavy atom. The molecule has 0 spiro atoms. The molecule has 0 atom stereocenters. The summed E-state index contributed by atoms with van der Waals surface area (Å²) in [5, 5.41) is 1.08. The molecule has 0 unspecified atom stereocenters. The van der Waals surface area contributed by atoms with E-state index in [4.69, 9.17) is 11.5 Å². The van der Waals surface area contributed by atoms with Crippen LogP contribution in [0.15, 0.2) is 24.3 Å². The summed E-state index contributed by atoms with van der Waals surface area (Å²) in [7, 11) is 0. The van der Waals surface area contributed by atoms with Crippen LogP contribution in [0.2, 0.25) is 0 Å². The second-order valence-corrected chi connectivity index (χ2v) is 4.49. The zero-order valence-electron chi connectivity index (χ0n) is 8.73. The average molecular weight is 233 g/mol. The quantitative estimate of drug-likeness (QED) is 0.829. The van der Waals surface area contributed by atoms with Crippen molar-refractivity contribution < 1.29 is 4.79 Å². The second-order valence-electron chi connectivity index (χ2n) is 3.46. The van der Waals surface area contributed by atoms with Gasteiger partial charge in [0.1, 0.15) is 10.0 Å². The van der Waals surface area contributed by atoms with E-state index < -0.39 is 5.91 Å². The largest absolute Gasteiger partial charge is 0.389 e. The Morgan fingerprint density at radius 2 is 1.94 bits per heavy atom. The van der Waals surface area contributed by atoms with Crippen molar-refractivity contribution in [3.05, 3.63) is 35.5 Å². The maximum Gasteiger partial charge on any atom is 0.270 e. The standard InChI is InChI=1S/C11H11N3OS/c1-6-2-4-7(5-3-6)11-14-8(9(12)15)10(13)16-11/h2-5H,13H2,1H3,(H2,12,15). The molecule has 1 amide bonds. The van der Waals surface area contributed by atoms with E-state index in [9.17, 15) is 4.79 Å². The van der Waals surface area contributed by atoms with Gasteiger partial charge in [0.15, 0.2) is 5.69 Å². The lowest BCUT2D eigenvalue weighted by Crippen LogP contribution is -2.13. The highest BCUT2D eigenvalue weighted by molar-refractivity contribution is 7.19. The van der Waals surface area contributed by atoms with Gasteiger partial charge in [0, 0.05) is 5.56 Å². The summed E-state index contributed by atoms with van der Waals surface area (Å²) in [5.74, 6) is -0.591. The van der Waals surface area contributed by atoms with Crippen LogP contribution in [0, 0.1) is 6.92 Å². The molecular weight excluding hydrogens is 222 g/mol. The summed E-state index contributed by atoms with van der Waals surface area (Å²) in [6, 6.07) is 7.85. The Hall–Kier alpha value is -1.88. The fourth-order valence-electron chi connectivity index (χ4n) is 1.33. The SMILES string of the molecule is Cc1ccc(-c2nc(C(N)=O)c(N)s2)cc1. The first kappa shape index (κ1) is 10.6. The number of anilines is 1. The van der Waals surface area contributed by atoms with Gasteiger partial charge in [-0.1, -0.05) is 41.2 Å². The van der Waals surface area contributed by atoms with Gasteiger partial charge in [0.05, 0.1) is 0 Å². The summed E-state index contributed by atoms with van der Waals surface area (Å²) in [6.07, 6.45) is 0. The van der Waals surface area contributed by atoms with E-state index in [-0.39, 0.29) is 5.69 Å². The number of benzene rings is 1. The number of thiazole rings is 1. The van der Waals surface area contributed by atoms with Crippen LogP contribution < -0.4 is 11.5 Å². The molecule has 0 radical (unpaired) electrons. The maximum atomic E-state index is 11.0. The fraction of sp³-hybridized carbons (Fsp3) is 0.0909. The molecule has 0 fully saturated rings. The number of hydrogen-bond acceptors (Lipinski definition) is 4. The van der Waals surface area contributed by atoms with E-state index in [2.05, 4.69) is 4.98 Å². The Morgan fingerprint density at radius 1 is 1.31 bits per heavy atom. The number of aryl methyl sites for hydroxylation is 1. The first-order chi connectivity index (χ1) is 7.58. The minimum atomic E-state index is -0.591. The fourth-order valence-corrected chi connectivity index (χ4v) is 2.17. The lowest BCUT2D eigenvalue weighted by Gasteiger charge is -1.95. The van der Waals surface area contributed by atoms with Gasteiger partial charge in [-0.15, -0.1) is 0 Å². The number of hydrogen-bond donors (Lipinski definition) is 2.